The van der Waals surface area contributed by atoms with E-state index in [1.165, 1.54) is 6.21 Å². The minimum absolute atomic E-state index is 0.128. The molecule has 11 heteroatoms. The van der Waals surface area contributed by atoms with Gasteiger partial charge in [0.2, 0.25) is 0 Å². The van der Waals surface area contributed by atoms with Crippen molar-refractivity contribution in [2.45, 2.75) is 32.5 Å². The number of aromatic nitrogens is 3. The lowest BCUT2D eigenvalue weighted by molar-refractivity contribution is -0.137. The highest BCUT2D eigenvalue weighted by Gasteiger charge is 2.31. The van der Waals surface area contributed by atoms with Crippen LogP contribution in [0.2, 0.25) is 0 Å². The summed E-state index contributed by atoms with van der Waals surface area (Å²) in [6.07, 6.45) is -2.69. The van der Waals surface area contributed by atoms with Crippen LogP contribution in [0.3, 0.4) is 0 Å². The number of carbonyl (C=O) groups excluding carboxylic acids is 1. The van der Waals surface area contributed by atoms with Gasteiger partial charge in [0, 0.05) is 31.3 Å². The zero-order valence-corrected chi connectivity index (χ0v) is 18.6. The van der Waals surface area contributed by atoms with Gasteiger partial charge < -0.3 is 20.8 Å². The highest BCUT2D eigenvalue weighted by Crippen LogP contribution is 2.32. The Bertz CT molecular complexity index is 1210. The fourth-order valence-corrected chi connectivity index (χ4v) is 3.03. The Morgan fingerprint density at radius 2 is 1.82 bits per heavy atom. The molecule has 1 aromatic carbocycles. The second kappa shape index (κ2) is 10.7. The number of aldehydes is 1. The number of halogens is 3. The van der Waals surface area contributed by atoms with E-state index in [0.29, 0.717) is 12.0 Å². The second-order valence-electron chi connectivity index (χ2n) is 7.23. The number of pyridine rings is 1. The zero-order valence-electron chi connectivity index (χ0n) is 18.6. The molecule has 0 amide bonds. The van der Waals surface area contributed by atoms with Crippen LogP contribution < -0.4 is 16.2 Å². The lowest BCUT2D eigenvalue weighted by Crippen LogP contribution is -2.26. The number of carbonyl (C=O) groups is 1. The first kappa shape index (κ1) is 25.5. The van der Waals surface area contributed by atoms with Crippen molar-refractivity contribution in [3.8, 4) is 0 Å². The van der Waals surface area contributed by atoms with Crippen LogP contribution in [0.1, 0.15) is 36.6 Å². The molecule has 0 saturated carbocycles. The summed E-state index contributed by atoms with van der Waals surface area (Å²) in [6, 6.07) is 6.61. The van der Waals surface area contributed by atoms with E-state index < -0.39 is 17.3 Å². The maximum absolute atomic E-state index is 12.8. The molecule has 176 valence electrons. The van der Waals surface area contributed by atoms with Crippen molar-refractivity contribution in [3.63, 3.8) is 0 Å². The van der Waals surface area contributed by atoms with Gasteiger partial charge in [0.15, 0.2) is 0 Å². The van der Waals surface area contributed by atoms with Gasteiger partial charge in [0.05, 0.1) is 16.6 Å². The van der Waals surface area contributed by atoms with E-state index in [9.17, 15) is 22.8 Å². The standard InChI is InChI=1S/C14H13F3N2O2.C8H12N4/c1-8(2)12-11-7-9(14(15,16)17)3-4-10(11)13(21)19(18-12)5-6-20;1-10-7-4-3-6(5-9)8(11-2)12-7/h3-4,6-8H,5H2,1-2H3;3-5,9H,1-2H3,(H2,10,11,12). The maximum atomic E-state index is 12.8. The van der Waals surface area contributed by atoms with Gasteiger partial charge in [-0.25, -0.2) is 9.67 Å². The maximum Gasteiger partial charge on any atom is 0.416 e. The van der Waals surface area contributed by atoms with Gasteiger partial charge in [0.25, 0.3) is 5.56 Å². The lowest BCUT2D eigenvalue weighted by Gasteiger charge is -2.14. The number of anilines is 2. The molecule has 0 spiro atoms. The van der Waals surface area contributed by atoms with E-state index >= 15 is 0 Å². The fraction of sp³-hybridized carbons (Fsp3) is 0.318. The first-order valence-electron chi connectivity index (χ1n) is 10.00. The predicted octanol–water partition coefficient (Wildman–Crippen LogP) is 3.90. The number of hydrogen-bond acceptors (Lipinski definition) is 7. The summed E-state index contributed by atoms with van der Waals surface area (Å²) in [5.74, 6) is 1.33. The number of nitrogens with zero attached hydrogens (tertiary/aromatic N) is 3. The molecule has 8 nitrogen and oxygen atoms in total. The Morgan fingerprint density at radius 1 is 1.12 bits per heavy atom. The zero-order chi connectivity index (χ0) is 24.8. The quantitative estimate of drug-likeness (QED) is 0.378. The molecule has 3 aromatic rings. The van der Waals surface area contributed by atoms with E-state index in [2.05, 4.69) is 20.7 Å². The van der Waals surface area contributed by atoms with Gasteiger partial charge in [-0.15, -0.1) is 0 Å². The van der Waals surface area contributed by atoms with Crippen LogP contribution in [0, 0.1) is 5.41 Å². The van der Waals surface area contributed by atoms with E-state index in [0.717, 1.165) is 40.1 Å². The highest BCUT2D eigenvalue weighted by molar-refractivity contribution is 5.85. The molecule has 0 unspecified atom stereocenters. The Labute approximate surface area is 188 Å². The summed E-state index contributed by atoms with van der Waals surface area (Å²) in [5, 5.41) is 17.3. The molecule has 3 rings (SSSR count). The smallest absolute Gasteiger partial charge is 0.373 e. The van der Waals surface area contributed by atoms with Crippen LogP contribution in [0.15, 0.2) is 35.1 Å². The first-order valence-corrected chi connectivity index (χ1v) is 10.00. The minimum atomic E-state index is -4.49. The summed E-state index contributed by atoms with van der Waals surface area (Å²) in [6.45, 7) is 3.30. The van der Waals surface area contributed by atoms with Gasteiger partial charge in [-0.05, 0) is 36.2 Å². The van der Waals surface area contributed by atoms with Crippen molar-refractivity contribution in [1.29, 1.82) is 5.41 Å². The van der Waals surface area contributed by atoms with Crippen LogP contribution in [-0.2, 0) is 17.5 Å². The van der Waals surface area contributed by atoms with Gasteiger partial charge >= 0.3 is 6.18 Å². The molecule has 0 saturated heterocycles. The third kappa shape index (κ3) is 5.93. The predicted molar refractivity (Wildman–Crippen MR) is 122 cm³/mol. The summed E-state index contributed by atoms with van der Waals surface area (Å²) < 4.78 is 39.4. The van der Waals surface area contributed by atoms with E-state index in [4.69, 9.17) is 5.41 Å². The Balaban J connectivity index is 0.000000273. The third-order valence-corrected chi connectivity index (χ3v) is 4.69. The van der Waals surface area contributed by atoms with Crippen molar-refractivity contribution in [3.05, 3.63) is 57.5 Å². The molecule has 2 aromatic heterocycles. The summed E-state index contributed by atoms with van der Waals surface area (Å²) in [7, 11) is 3.60. The van der Waals surface area contributed by atoms with Gasteiger partial charge in [0.1, 0.15) is 24.5 Å². The number of hydrogen-bond donors (Lipinski definition) is 3. The fourth-order valence-electron chi connectivity index (χ4n) is 3.03. The number of alkyl halides is 3. The van der Waals surface area contributed by atoms with E-state index in [-0.39, 0.29) is 23.2 Å². The summed E-state index contributed by atoms with van der Waals surface area (Å²) in [5.41, 5.74) is -0.254. The molecule has 0 radical (unpaired) electrons. The largest absolute Gasteiger partial charge is 0.416 e. The van der Waals surface area contributed by atoms with Crippen molar-refractivity contribution in [2.75, 3.05) is 24.7 Å². The van der Waals surface area contributed by atoms with Crippen LogP contribution in [0.5, 0.6) is 0 Å². The van der Waals surface area contributed by atoms with E-state index in [1.54, 1.807) is 20.9 Å². The molecule has 3 N–H and O–H groups in total. The molecule has 0 aliphatic heterocycles. The molecule has 0 bridgehead atoms. The molecule has 0 aliphatic rings. The Hall–Kier alpha value is -3.76. The average Bonchev–Trinajstić information content (AvgIpc) is 2.79. The number of rotatable bonds is 6. The van der Waals surface area contributed by atoms with Gasteiger partial charge in [-0.2, -0.15) is 18.3 Å². The molecule has 0 atom stereocenters. The van der Waals surface area contributed by atoms with Gasteiger partial charge in [-0.1, -0.05) is 13.8 Å². The van der Waals surface area contributed by atoms with Crippen LogP contribution in [0.25, 0.3) is 10.8 Å². The van der Waals surface area contributed by atoms with Crippen molar-refractivity contribution < 1.29 is 18.0 Å². The Kier molecular flexibility index (Phi) is 8.27. The molecule has 0 aliphatic carbocycles. The van der Waals surface area contributed by atoms with Gasteiger partial charge in [-0.3, -0.25) is 4.79 Å². The monoisotopic (exact) mass is 462 g/mol. The van der Waals surface area contributed by atoms with E-state index in [1.807, 2.05) is 19.2 Å². The normalized spacial score (nSPS) is 11.0. The minimum Gasteiger partial charge on any atom is -0.373 e. The van der Waals surface area contributed by atoms with Crippen LogP contribution in [-0.4, -0.2) is 41.4 Å². The molecular formula is C22H25F3N6O2. The number of fused-ring (bicyclic) bond motifs is 1. The number of benzene rings is 1. The molecule has 0 fully saturated rings. The number of nitrogens with one attached hydrogen (secondary N) is 3. The third-order valence-electron chi connectivity index (χ3n) is 4.69. The van der Waals surface area contributed by atoms with Crippen molar-refractivity contribution >= 4 is 34.9 Å². The highest BCUT2D eigenvalue weighted by atomic mass is 19.4. The SMILES string of the molecule is CC(C)c1nn(CC=O)c(=O)c2ccc(C(F)(F)F)cc12.CNc1ccc(C=N)c(NC)n1. The average molecular weight is 462 g/mol. The second-order valence-corrected chi connectivity index (χ2v) is 7.23. The lowest BCUT2D eigenvalue weighted by atomic mass is 10.0. The topological polar surface area (TPSA) is 113 Å². The van der Waals surface area contributed by atoms with Crippen molar-refractivity contribution in [1.82, 2.24) is 14.8 Å². The first-order chi connectivity index (χ1) is 15.6. The van der Waals surface area contributed by atoms with Crippen LogP contribution in [0.4, 0.5) is 24.8 Å². The summed E-state index contributed by atoms with van der Waals surface area (Å²) >= 11 is 0. The molecular weight excluding hydrogens is 437 g/mol. The molecule has 2 heterocycles. The molecule has 33 heavy (non-hydrogen) atoms. The van der Waals surface area contributed by atoms with Crippen LogP contribution >= 0.6 is 0 Å². The Morgan fingerprint density at radius 3 is 2.33 bits per heavy atom. The summed E-state index contributed by atoms with van der Waals surface area (Å²) in [4.78, 5) is 26.9. The van der Waals surface area contributed by atoms with Crippen molar-refractivity contribution in [2.24, 2.45) is 0 Å².